The molecule has 0 unspecified atom stereocenters. The number of ether oxygens (including phenoxy) is 7. The van der Waals surface area contributed by atoms with Gasteiger partial charge in [-0.15, -0.1) is 0 Å². The average Bonchev–Trinajstić information content (AvgIpc) is 3.04. The molecule has 0 fully saturated rings. The molecule has 0 atom stereocenters. The van der Waals surface area contributed by atoms with E-state index in [-0.39, 0.29) is 18.6 Å². The summed E-state index contributed by atoms with van der Waals surface area (Å²) in [6, 6.07) is 17.8. The van der Waals surface area contributed by atoms with Crippen molar-refractivity contribution in [3.63, 3.8) is 0 Å². The van der Waals surface area contributed by atoms with E-state index < -0.39 is 0 Å². The number of amides is 2. The number of methoxy groups -OCH3 is 4. The van der Waals surface area contributed by atoms with E-state index in [4.69, 9.17) is 33.2 Å². The van der Waals surface area contributed by atoms with E-state index in [0.717, 1.165) is 11.3 Å². The maximum Gasteiger partial charge on any atom is 0.255 e. The van der Waals surface area contributed by atoms with Crippen LogP contribution in [0.4, 0.5) is 0 Å². The highest BCUT2D eigenvalue weighted by Crippen LogP contribution is 2.26. The van der Waals surface area contributed by atoms with E-state index >= 15 is 0 Å². The van der Waals surface area contributed by atoms with E-state index in [2.05, 4.69) is 10.6 Å². The molecule has 2 N–H and O–H groups in total. The number of carbonyl (C=O) groups excluding carboxylic acids is 2. The second-order valence-electron chi connectivity index (χ2n) is 9.22. The van der Waals surface area contributed by atoms with Crippen LogP contribution in [0, 0.1) is 0 Å². The number of hydrogen-bond acceptors (Lipinski definition) is 9. The Kier molecular flexibility index (Phi) is 13.9. The minimum absolute atomic E-state index is 0.0182. The highest BCUT2D eigenvalue weighted by molar-refractivity contribution is 5.97. The van der Waals surface area contributed by atoms with Gasteiger partial charge in [0, 0.05) is 39.4 Å². The number of benzene rings is 3. The van der Waals surface area contributed by atoms with Crippen LogP contribution in [0.1, 0.15) is 32.7 Å². The van der Waals surface area contributed by atoms with Crippen LogP contribution in [0.5, 0.6) is 28.7 Å². The van der Waals surface area contributed by atoms with Crippen LogP contribution in [0.2, 0.25) is 0 Å². The van der Waals surface area contributed by atoms with Crippen molar-refractivity contribution < 1.29 is 42.7 Å². The van der Waals surface area contributed by atoms with Gasteiger partial charge in [-0.05, 0) is 54.8 Å². The molecule has 232 valence electrons. The summed E-state index contributed by atoms with van der Waals surface area (Å²) in [4.78, 5) is 25.4. The fourth-order valence-corrected chi connectivity index (χ4v) is 3.96. The third-order valence-corrected chi connectivity index (χ3v) is 6.24. The van der Waals surface area contributed by atoms with Crippen LogP contribution in [0.25, 0.3) is 0 Å². The van der Waals surface area contributed by atoms with E-state index in [1.165, 1.54) is 7.11 Å². The van der Waals surface area contributed by atoms with Crippen LogP contribution in [0.15, 0.2) is 60.7 Å². The molecule has 43 heavy (non-hydrogen) atoms. The molecule has 0 aromatic heterocycles. The lowest BCUT2D eigenvalue weighted by molar-refractivity contribution is 0.0499. The maximum atomic E-state index is 12.8. The zero-order chi connectivity index (χ0) is 30.9. The Morgan fingerprint density at radius 1 is 0.605 bits per heavy atom. The molecule has 2 amide bonds. The first-order valence-corrected chi connectivity index (χ1v) is 13.9. The summed E-state index contributed by atoms with van der Waals surface area (Å²) in [5.41, 5.74) is 1.88. The molecule has 0 saturated heterocycles. The molecular weight excluding hydrogens is 556 g/mol. The van der Waals surface area contributed by atoms with Gasteiger partial charge in [-0.2, -0.15) is 0 Å². The summed E-state index contributed by atoms with van der Waals surface area (Å²) in [6.45, 7) is 2.06. The first kappa shape index (κ1) is 33.0. The van der Waals surface area contributed by atoms with E-state index in [9.17, 15) is 9.59 Å². The monoisotopic (exact) mass is 596 g/mol. The zero-order valence-electron chi connectivity index (χ0n) is 25.1. The van der Waals surface area contributed by atoms with Gasteiger partial charge in [0.15, 0.2) is 6.79 Å². The van der Waals surface area contributed by atoms with Gasteiger partial charge in [-0.1, -0.05) is 12.1 Å². The van der Waals surface area contributed by atoms with Crippen LogP contribution < -0.4 is 34.3 Å². The largest absolute Gasteiger partial charge is 0.497 e. The smallest absolute Gasteiger partial charge is 0.255 e. The molecule has 0 aliphatic rings. The SMILES string of the molecule is COCCOc1cc(OC)ccc1C(=O)NCCc1ccc(OCCCNC(=O)c2ccc(OC)cc2OCOC)cc1. The summed E-state index contributed by atoms with van der Waals surface area (Å²) in [5.74, 6) is 2.24. The molecule has 3 aromatic carbocycles. The Hall–Kier alpha value is -4.48. The molecule has 11 heteroatoms. The van der Waals surface area contributed by atoms with Gasteiger partial charge in [-0.3, -0.25) is 9.59 Å². The minimum atomic E-state index is -0.257. The second kappa shape index (κ2) is 18.1. The van der Waals surface area contributed by atoms with Crippen molar-refractivity contribution >= 4 is 11.8 Å². The Morgan fingerprint density at radius 3 is 1.77 bits per heavy atom. The molecule has 3 aromatic rings. The molecule has 0 aliphatic carbocycles. The van der Waals surface area contributed by atoms with Gasteiger partial charge in [-0.25, -0.2) is 0 Å². The van der Waals surface area contributed by atoms with E-state index in [1.807, 2.05) is 24.3 Å². The van der Waals surface area contributed by atoms with Gasteiger partial charge >= 0.3 is 0 Å². The Morgan fingerprint density at radius 2 is 1.19 bits per heavy atom. The molecule has 0 bridgehead atoms. The fraction of sp³-hybridized carbons (Fsp3) is 0.375. The maximum absolute atomic E-state index is 12.8. The first-order valence-electron chi connectivity index (χ1n) is 13.9. The average molecular weight is 597 g/mol. The lowest BCUT2D eigenvalue weighted by Crippen LogP contribution is -2.26. The third-order valence-electron chi connectivity index (χ3n) is 6.24. The molecule has 3 rings (SSSR count). The summed E-state index contributed by atoms with van der Waals surface area (Å²) >= 11 is 0. The van der Waals surface area contributed by atoms with Gasteiger partial charge in [0.1, 0.15) is 35.4 Å². The third kappa shape index (κ3) is 10.7. The number of rotatable bonds is 19. The molecule has 0 aliphatic heterocycles. The normalized spacial score (nSPS) is 10.5. The molecule has 0 spiro atoms. The van der Waals surface area contributed by atoms with Crippen molar-refractivity contribution in [1.29, 1.82) is 0 Å². The van der Waals surface area contributed by atoms with Crippen LogP contribution in [-0.4, -0.2) is 80.0 Å². The highest BCUT2D eigenvalue weighted by atomic mass is 16.7. The van der Waals surface area contributed by atoms with Crippen LogP contribution in [-0.2, 0) is 15.9 Å². The van der Waals surface area contributed by atoms with Crippen LogP contribution >= 0.6 is 0 Å². The summed E-state index contributed by atoms with van der Waals surface area (Å²) < 4.78 is 37.5. The van der Waals surface area contributed by atoms with Crippen molar-refractivity contribution in [2.24, 2.45) is 0 Å². The number of hydrogen-bond donors (Lipinski definition) is 2. The molecule has 11 nitrogen and oxygen atoms in total. The quantitative estimate of drug-likeness (QED) is 0.157. The number of carbonyl (C=O) groups is 2. The first-order chi connectivity index (χ1) is 21.0. The van der Waals surface area contributed by atoms with Crippen molar-refractivity contribution in [1.82, 2.24) is 10.6 Å². The molecule has 0 heterocycles. The number of nitrogens with one attached hydrogen (secondary N) is 2. The van der Waals surface area contributed by atoms with Crippen molar-refractivity contribution in [3.8, 4) is 28.7 Å². The lowest BCUT2D eigenvalue weighted by atomic mass is 10.1. The Bertz CT molecular complexity index is 1300. The topological polar surface area (TPSA) is 123 Å². The predicted molar refractivity (Wildman–Crippen MR) is 161 cm³/mol. The second-order valence-corrected chi connectivity index (χ2v) is 9.22. The van der Waals surface area contributed by atoms with E-state index in [0.29, 0.717) is 79.9 Å². The van der Waals surface area contributed by atoms with Crippen molar-refractivity contribution in [2.45, 2.75) is 12.8 Å². The molecular formula is C32H40N2O9. The lowest BCUT2D eigenvalue weighted by Gasteiger charge is -2.13. The standard InChI is InChI=1S/C32H40N2O9/c1-37-18-19-42-29-20-25(39-3)10-12-27(29)32(36)34-16-14-23-6-8-24(9-7-23)41-17-5-15-33-31(35)28-13-11-26(40-4)21-30(28)43-22-38-2/h6-13,20-21H,5,14-19,22H2,1-4H3,(H,33,35)(H,34,36). The summed E-state index contributed by atoms with van der Waals surface area (Å²) in [5, 5.41) is 5.82. The fourth-order valence-electron chi connectivity index (χ4n) is 3.96. The van der Waals surface area contributed by atoms with E-state index in [1.54, 1.807) is 57.7 Å². The molecule has 0 radical (unpaired) electrons. The highest BCUT2D eigenvalue weighted by Gasteiger charge is 2.15. The zero-order valence-corrected chi connectivity index (χ0v) is 25.1. The van der Waals surface area contributed by atoms with Crippen molar-refractivity contribution in [3.05, 3.63) is 77.4 Å². The predicted octanol–water partition coefficient (Wildman–Crippen LogP) is 3.88. The van der Waals surface area contributed by atoms with Gasteiger partial charge in [0.05, 0.1) is 38.6 Å². The Balaban J connectivity index is 1.39. The van der Waals surface area contributed by atoms with Crippen LogP contribution in [0.3, 0.4) is 0 Å². The van der Waals surface area contributed by atoms with Crippen molar-refractivity contribution in [2.75, 3.05) is 68.1 Å². The summed E-state index contributed by atoms with van der Waals surface area (Å²) in [6.07, 6.45) is 1.27. The minimum Gasteiger partial charge on any atom is -0.497 e. The van der Waals surface area contributed by atoms with Gasteiger partial charge in [0.2, 0.25) is 0 Å². The Labute approximate surface area is 252 Å². The van der Waals surface area contributed by atoms with Gasteiger partial charge < -0.3 is 43.8 Å². The molecule has 0 saturated carbocycles. The van der Waals surface area contributed by atoms with Gasteiger partial charge in [0.25, 0.3) is 11.8 Å². The summed E-state index contributed by atoms with van der Waals surface area (Å²) in [7, 11) is 6.21.